The van der Waals surface area contributed by atoms with Crippen molar-refractivity contribution in [2.45, 2.75) is 43.9 Å². The van der Waals surface area contributed by atoms with Crippen LogP contribution in [-0.2, 0) is 0 Å². The van der Waals surface area contributed by atoms with Crippen LogP contribution >= 0.6 is 0 Å². The normalized spacial score (nSPS) is 22.6. The molecule has 1 fully saturated rings. The summed E-state index contributed by atoms with van der Waals surface area (Å²) in [5, 5.41) is 7.13. The Kier molecular flexibility index (Phi) is 3.45. The lowest BCUT2D eigenvalue weighted by Crippen LogP contribution is -2.51. The average Bonchev–Trinajstić information content (AvgIpc) is 3.31. The van der Waals surface area contributed by atoms with E-state index in [1.807, 2.05) is 12.1 Å². The van der Waals surface area contributed by atoms with Gasteiger partial charge in [-0.25, -0.2) is 9.40 Å². The first kappa shape index (κ1) is 15.7. The predicted octanol–water partition coefficient (Wildman–Crippen LogP) is 4.65. The maximum atomic E-state index is 13.3. The molecule has 5 heteroatoms. The van der Waals surface area contributed by atoms with Crippen molar-refractivity contribution in [2.24, 2.45) is 5.10 Å². The molecule has 1 atom stereocenters. The van der Waals surface area contributed by atoms with Gasteiger partial charge in [-0.05, 0) is 36.6 Å². The van der Waals surface area contributed by atoms with Crippen LogP contribution in [0.1, 0.15) is 49.3 Å². The van der Waals surface area contributed by atoms with Gasteiger partial charge >= 0.3 is 0 Å². The van der Waals surface area contributed by atoms with E-state index in [1.54, 1.807) is 19.2 Å². The maximum Gasteiger partial charge on any atom is 0.198 e. The first-order valence-electron chi connectivity index (χ1n) is 9.19. The molecule has 1 saturated carbocycles. The molecule has 0 N–H and O–H groups in total. The molecule has 0 bridgehead atoms. The van der Waals surface area contributed by atoms with Crippen LogP contribution in [0.3, 0.4) is 0 Å². The van der Waals surface area contributed by atoms with E-state index >= 15 is 0 Å². The summed E-state index contributed by atoms with van der Waals surface area (Å²) in [6.45, 7) is 0. The third kappa shape index (κ3) is 2.23. The van der Waals surface area contributed by atoms with Gasteiger partial charge in [0, 0.05) is 24.8 Å². The van der Waals surface area contributed by atoms with Gasteiger partial charge in [-0.15, -0.1) is 0 Å². The lowest BCUT2D eigenvalue weighted by Gasteiger charge is -2.46. The monoisotopic (exact) mass is 352 g/mol. The molecule has 2 aromatic carbocycles. The lowest BCUT2D eigenvalue weighted by molar-refractivity contribution is -0.115. The number of hydrogen-bond donors (Lipinski definition) is 0. The van der Waals surface area contributed by atoms with Crippen LogP contribution in [0.2, 0.25) is 0 Å². The molecule has 0 radical (unpaired) electrons. The summed E-state index contributed by atoms with van der Waals surface area (Å²) in [7, 11) is 1.68. The van der Waals surface area contributed by atoms with Crippen LogP contribution in [0.15, 0.2) is 47.6 Å². The Labute approximate surface area is 152 Å². The van der Waals surface area contributed by atoms with Crippen molar-refractivity contribution in [2.75, 3.05) is 7.11 Å². The van der Waals surface area contributed by atoms with Gasteiger partial charge in [-0.1, -0.05) is 24.3 Å². The molecule has 134 valence electrons. The van der Waals surface area contributed by atoms with E-state index in [1.165, 1.54) is 12.1 Å². The highest BCUT2D eigenvalue weighted by molar-refractivity contribution is 6.02. The number of fused-ring (bicyclic) bond motifs is 4. The molecule has 0 saturated heterocycles. The number of nitrogens with zero attached hydrogens (tertiary/aromatic N) is 2. The third-order valence-corrected chi connectivity index (χ3v) is 5.77. The van der Waals surface area contributed by atoms with Crippen LogP contribution < -0.4 is 9.47 Å². The molecule has 2 aromatic rings. The summed E-state index contributed by atoms with van der Waals surface area (Å²) in [6, 6.07) is 12.8. The smallest absolute Gasteiger partial charge is 0.198 e. The molecule has 2 heterocycles. The number of hydrazone groups is 1. The molecule has 1 aliphatic carbocycles. The van der Waals surface area contributed by atoms with Crippen molar-refractivity contribution >= 4 is 5.71 Å². The quantitative estimate of drug-likeness (QED) is 0.789. The Morgan fingerprint density at radius 2 is 1.92 bits per heavy atom. The van der Waals surface area contributed by atoms with E-state index in [9.17, 15) is 4.39 Å². The average molecular weight is 352 g/mol. The lowest BCUT2D eigenvalue weighted by atomic mass is 9.93. The third-order valence-electron chi connectivity index (χ3n) is 5.77. The second kappa shape index (κ2) is 5.73. The molecular weight excluding hydrogens is 331 g/mol. The van der Waals surface area contributed by atoms with Crippen molar-refractivity contribution in [3.8, 4) is 11.5 Å². The SMILES string of the molecule is COc1cccc2c1OC1(CCCC1)N1N=C(c3ccc(F)cc3)CC21. The highest BCUT2D eigenvalue weighted by Crippen LogP contribution is 2.54. The molecule has 2 aliphatic heterocycles. The Balaban J connectivity index is 1.61. The summed E-state index contributed by atoms with van der Waals surface area (Å²) in [6.07, 6.45) is 4.98. The van der Waals surface area contributed by atoms with Gasteiger partial charge in [0.05, 0.1) is 18.9 Å². The van der Waals surface area contributed by atoms with Gasteiger partial charge < -0.3 is 9.47 Å². The Hall–Kier alpha value is -2.56. The highest BCUT2D eigenvalue weighted by atomic mass is 19.1. The van der Waals surface area contributed by atoms with Crippen molar-refractivity contribution in [1.29, 1.82) is 0 Å². The zero-order chi connectivity index (χ0) is 17.7. The fourth-order valence-electron chi connectivity index (χ4n) is 4.51. The molecule has 4 nitrogen and oxygen atoms in total. The Bertz CT molecular complexity index is 872. The summed E-state index contributed by atoms with van der Waals surface area (Å²) < 4.78 is 25.4. The van der Waals surface area contributed by atoms with E-state index in [4.69, 9.17) is 14.6 Å². The molecule has 0 aromatic heterocycles. The fourth-order valence-corrected chi connectivity index (χ4v) is 4.51. The first-order chi connectivity index (χ1) is 12.7. The second-order valence-corrected chi connectivity index (χ2v) is 7.25. The number of benzene rings is 2. The van der Waals surface area contributed by atoms with E-state index in [0.29, 0.717) is 0 Å². The molecule has 0 amide bonds. The zero-order valence-electron chi connectivity index (χ0n) is 14.7. The maximum absolute atomic E-state index is 13.3. The summed E-state index contributed by atoms with van der Waals surface area (Å²) in [5.41, 5.74) is 2.68. The van der Waals surface area contributed by atoms with Gasteiger partial charge in [0.1, 0.15) is 5.82 Å². The number of ether oxygens (including phenoxy) is 2. The largest absolute Gasteiger partial charge is 0.493 e. The molecule has 26 heavy (non-hydrogen) atoms. The Morgan fingerprint density at radius 3 is 2.65 bits per heavy atom. The first-order valence-corrected chi connectivity index (χ1v) is 9.19. The van der Waals surface area contributed by atoms with Crippen molar-refractivity contribution in [3.63, 3.8) is 0 Å². The van der Waals surface area contributed by atoms with Crippen LogP contribution in [-0.4, -0.2) is 23.6 Å². The highest BCUT2D eigenvalue weighted by Gasteiger charge is 2.52. The zero-order valence-corrected chi connectivity index (χ0v) is 14.7. The van der Waals surface area contributed by atoms with Crippen LogP contribution in [0.4, 0.5) is 4.39 Å². The van der Waals surface area contributed by atoms with E-state index in [-0.39, 0.29) is 11.9 Å². The van der Waals surface area contributed by atoms with E-state index < -0.39 is 5.72 Å². The van der Waals surface area contributed by atoms with Crippen molar-refractivity contribution < 1.29 is 13.9 Å². The minimum atomic E-state index is -0.395. The second-order valence-electron chi connectivity index (χ2n) is 7.25. The number of hydrogen-bond acceptors (Lipinski definition) is 4. The number of methoxy groups -OCH3 is 1. The van der Waals surface area contributed by atoms with Gasteiger partial charge in [0.2, 0.25) is 0 Å². The van der Waals surface area contributed by atoms with Gasteiger partial charge in [-0.2, -0.15) is 5.10 Å². The van der Waals surface area contributed by atoms with Gasteiger partial charge in [0.15, 0.2) is 17.2 Å². The fraction of sp³-hybridized carbons (Fsp3) is 0.381. The van der Waals surface area contributed by atoms with Crippen LogP contribution in [0.5, 0.6) is 11.5 Å². The standard InChI is InChI=1S/C21H21FN2O2/c1-25-19-6-4-5-16-18-13-17(14-7-9-15(22)10-8-14)23-24(18)21(26-20(16)19)11-2-3-12-21/h4-10,18H,2-3,11-13H2,1H3. The van der Waals surface area contributed by atoms with Crippen molar-refractivity contribution in [3.05, 3.63) is 59.4 Å². The summed E-state index contributed by atoms with van der Waals surface area (Å²) in [4.78, 5) is 0. The minimum absolute atomic E-state index is 0.131. The minimum Gasteiger partial charge on any atom is -0.493 e. The summed E-state index contributed by atoms with van der Waals surface area (Å²) >= 11 is 0. The van der Waals surface area contributed by atoms with E-state index in [0.717, 1.165) is 60.4 Å². The number of para-hydroxylation sites is 1. The molecule has 5 rings (SSSR count). The number of halogens is 1. The molecule has 1 spiro atoms. The summed E-state index contributed by atoms with van der Waals surface area (Å²) in [5.74, 6) is 1.41. The van der Waals surface area contributed by atoms with Crippen LogP contribution in [0.25, 0.3) is 0 Å². The molecular formula is C21H21FN2O2. The van der Waals surface area contributed by atoms with Gasteiger partial charge in [-0.3, -0.25) is 0 Å². The van der Waals surface area contributed by atoms with Crippen molar-refractivity contribution in [1.82, 2.24) is 5.01 Å². The number of rotatable bonds is 2. The van der Waals surface area contributed by atoms with Gasteiger partial charge in [0.25, 0.3) is 0 Å². The van der Waals surface area contributed by atoms with Crippen LogP contribution in [0, 0.1) is 5.82 Å². The van der Waals surface area contributed by atoms with E-state index in [2.05, 4.69) is 11.1 Å². The molecule has 3 aliphatic rings. The Morgan fingerprint density at radius 1 is 1.15 bits per heavy atom. The predicted molar refractivity (Wildman–Crippen MR) is 97.0 cm³/mol. The topological polar surface area (TPSA) is 34.1 Å². The molecule has 1 unspecified atom stereocenters.